The first kappa shape index (κ1) is 17.9. The van der Waals surface area contributed by atoms with Crippen molar-refractivity contribution >= 4 is 5.91 Å². The first-order chi connectivity index (χ1) is 12.7. The Balaban J connectivity index is 1.29. The number of hydrogen-bond donors (Lipinski definition) is 1. The molecule has 1 aliphatic heterocycles. The monoisotopic (exact) mass is 362 g/mol. The van der Waals surface area contributed by atoms with Crippen molar-refractivity contribution in [2.45, 2.75) is 76.5 Å². The largest absolute Gasteiger partial charge is 0.377 e. The van der Waals surface area contributed by atoms with Gasteiger partial charge in [-0.05, 0) is 51.0 Å². The second-order valence-corrected chi connectivity index (χ2v) is 8.07. The highest BCUT2D eigenvalue weighted by molar-refractivity contribution is 5.90. The van der Waals surface area contributed by atoms with Crippen LogP contribution < -0.4 is 5.32 Å². The number of nitrogens with one attached hydrogen (secondary N) is 1. The lowest BCUT2D eigenvalue weighted by molar-refractivity contribution is -0.0159. The van der Waals surface area contributed by atoms with Gasteiger partial charge in [-0.2, -0.15) is 4.98 Å². The molecule has 144 valence electrons. The maximum Gasteiger partial charge on any atom is 0.292 e. The summed E-state index contributed by atoms with van der Waals surface area (Å²) in [5.74, 6) is 1.17. The molecule has 7 heteroatoms. The fourth-order valence-electron chi connectivity index (χ4n) is 4.17. The summed E-state index contributed by atoms with van der Waals surface area (Å²) in [7, 11) is 0. The van der Waals surface area contributed by atoms with E-state index in [-0.39, 0.29) is 17.8 Å². The molecule has 0 aromatic carbocycles. The molecule has 1 amide bonds. The second kappa shape index (κ2) is 8.05. The summed E-state index contributed by atoms with van der Waals surface area (Å²) in [5.41, 5.74) is 0. The molecule has 4 rings (SSSR count). The summed E-state index contributed by atoms with van der Waals surface area (Å²) < 4.78 is 11.6. The normalized spacial score (nSPS) is 29.8. The predicted molar refractivity (Wildman–Crippen MR) is 95.7 cm³/mol. The van der Waals surface area contributed by atoms with E-state index in [0.717, 1.165) is 45.4 Å². The summed E-state index contributed by atoms with van der Waals surface area (Å²) in [4.78, 5) is 18.8. The smallest absolute Gasteiger partial charge is 0.292 e. The van der Waals surface area contributed by atoms with E-state index < -0.39 is 0 Å². The molecular weight excluding hydrogens is 332 g/mol. The Hall–Kier alpha value is -1.47. The molecule has 2 aliphatic carbocycles. The minimum Gasteiger partial charge on any atom is -0.377 e. The lowest BCUT2D eigenvalue weighted by Gasteiger charge is -2.30. The Bertz CT molecular complexity index is 616. The highest BCUT2D eigenvalue weighted by Crippen LogP contribution is 2.31. The van der Waals surface area contributed by atoms with Crippen molar-refractivity contribution in [1.29, 1.82) is 0 Å². The third kappa shape index (κ3) is 4.26. The number of aromatic nitrogens is 2. The van der Waals surface area contributed by atoms with E-state index in [2.05, 4.69) is 27.3 Å². The quantitative estimate of drug-likeness (QED) is 0.803. The number of ether oxygens (including phenoxy) is 1. The van der Waals surface area contributed by atoms with Crippen LogP contribution in [0.15, 0.2) is 4.52 Å². The Labute approximate surface area is 154 Å². The molecule has 26 heavy (non-hydrogen) atoms. The molecule has 0 bridgehead atoms. The third-order valence-electron chi connectivity index (χ3n) is 5.95. The van der Waals surface area contributed by atoms with Crippen molar-refractivity contribution in [3.05, 3.63) is 11.7 Å². The van der Waals surface area contributed by atoms with Gasteiger partial charge in [0, 0.05) is 12.6 Å². The fourth-order valence-corrected chi connectivity index (χ4v) is 4.17. The molecule has 2 saturated carbocycles. The third-order valence-corrected chi connectivity index (χ3v) is 5.95. The second-order valence-electron chi connectivity index (χ2n) is 8.07. The zero-order chi connectivity index (χ0) is 17.9. The minimum absolute atomic E-state index is 0.109. The van der Waals surface area contributed by atoms with Gasteiger partial charge in [-0.3, -0.25) is 9.69 Å². The first-order valence-electron chi connectivity index (χ1n) is 10.2. The maximum absolute atomic E-state index is 12.1. The molecule has 1 aromatic heterocycles. The predicted octanol–water partition coefficient (Wildman–Crippen LogP) is 2.69. The van der Waals surface area contributed by atoms with E-state index in [0.29, 0.717) is 24.0 Å². The maximum atomic E-state index is 12.1. The van der Waals surface area contributed by atoms with Gasteiger partial charge < -0.3 is 14.6 Å². The van der Waals surface area contributed by atoms with Crippen molar-refractivity contribution in [3.63, 3.8) is 0 Å². The molecule has 3 aliphatic rings. The van der Waals surface area contributed by atoms with Crippen LogP contribution >= 0.6 is 0 Å². The number of hydrogen-bond acceptors (Lipinski definition) is 6. The fraction of sp³-hybridized carbons (Fsp3) is 0.842. The van der Waals surface area contributed by atoms with Crippen LogP contribution in [-0.4, -0.2) is 52.8 Å². The van der Waals surface area contributed by atoms with Gasteiger partial charge in [0.1, 0.15) is 0 Å². The van der Waals surface area contributed by atoms with Gasteiger partial charge in [0.05, 0.1) is 18.8 Å². The number of nitrogens with zero attached hydrogens (tertiary/aromatic N) is 3. The van der Waals surface area contributed by atoms with Crippen molar-refractivity contribution in [2.24, 2.45) is 5.92 Å². The van der Waals surface area contributed by atoms with Crippen LogP contribution in [0.4, 0.5) is 0 Å². The Morgan fingerprint density at radius 1 is 1.23 bits per heavy atom. The summed E-state index contributed by atoms with van der Waals surface area (Å²) >= 11 is 0. The van der Waals surface area contributed by atoms with Crippen molar-refractivity contribution < 1.29 is 14.1 Å². The van der Waals surface area contributed by atoms with E-state index in [9.17, 15) is 4.79 Å². The number of carbonyl (C=O) groups excluding carboxylic acids is 1. The van der Waals surface area contributed by atoms with Gasteiger partial charge in [0.15, 0.2) is 0 Å². The number of amides is 1. The SMILES string of the molecule is C[C@@H]1CCCC[C@H]1OCCN1CCC[C@H]1c1nc(C(=O)NC2CC2)no1. The number of likely N-dealkylation sites (tertiary alicyclic amines) is 1. The summed E-state index contributed by atoms with van der Waals surface area (Å²) in [6, 6.07) is 0.407. The lowest BCUT2D eigenvalue weighted by atomic mass is 9.88. The summed E-state index contributed by atoms with van der Waals surface area (Å²) in [5, 5.41) is 6.79. The van der Waals surface area contributed by atoms with Crippen LogP contribution in [-0.2, 0) is 4.74 Å². The molecule has 2 heterocycles. The zero-order valence-corrected chi connectivity index (χ0v) is 15.7. The minimum atomic E-state index is -0.221. The number of carbonyl (C=O) groups is 1. The Morgan fingerprint density at radius 2 is 2.08 bits per heavy atom. The van der Waals surface area contributed by atoms with E-state index >= 15 is 0 Å². The zero-order valence-electron chi connectivity index (χ0n) is 15.7. The van der Waals surface area contributed by atoms with Crippen molar-refractivity contribution in [3.8, 4) is 0 Å². The Kier molecular flexibility index (Phi) is 5.55. The van der Waals surface area contributed by atoms with Crippen LogP contribution in [0.3, 0.4) is 0 Å². The van der Waals surface area contributed by atoms with Gasteiger partial charge in [0.2, 0.25) is 5.89 Å². The van der Waals surface area contributed by atoms with Crippen LogP contribution in [0.2, 0.25) is 0 Å². The summed E-state index contributed by atoms with van der Waals surface area (Å²) in [6.45, 7) is 4.93. The summed E-state index contributed by atoms with van der Waals surface area (Å²) in [6.07, 6.45) is 9.70. The van der Waals surface area contributed by atoms with Crippen molar-refractivity contribution in [1.82, 2.24) is 20.4 Å². The standard InChI is InChI=1S/C19H30N4O3/c1-13-5-2-3-7-16(13)25-12-11-23-10-4-6-15(23)19-21-17(22-26-19)18(24)20-14-8-9-14/h13-16H,2-12H2,1H3,(H,20,24)/t13-,15+,16-/m1/s1. The van der Waals surface area contributed by atoms with Crippen LogP contribution in [0.1, 0.15) is 80.8 Å². The molecule has 7 nitrogen and oxygen atoms in total. The van der Waals surface area contributed by atoms with Gasteiger partial charge in [-0.25, -0.2) is 0 Å². The first-order valence-corrected chi connectivity index (χ1v) is 10.2. The molecule has 1 N–H and O–H groups in total. The Morgan fingerprint density at radius 3 is 2.88 bits per heavy atom. The van der Waals surface area contributed by atoms with Crippen molar-refractivity contribution in [2.75, 3.05) is 19.7 Å². The topological polar surface area (TPSA) is 80.5 Å². The molecule has 0 spiro atoms. The van der Waals surface area contributed by atoms with Crippen LogP contribution in [0.25, 0.3) is 0 Å². The van der Waals surface area contributed by atoms with E-state index in [1.165, 1.54) is 25.7 Å². The van der Waals surface area contributed by atoms with E-state index in [1.807, 2.05) is 0 Å². The highest BCUT2D eigenvalue weighted by atomic mass is 16.5. The molecule has 0 unspecified atom stereocenters. The van der Waals surface area contributed by atoms with Gasteiger partial charge in [-0.1, -0.05) is 24.9 Å². The van der Waals surface area contributed by atoms with Gasteiger partial charge in [0.25, 0.3) is 11.7 Å². The molecule has 1 saturated heterocycles. The molecule has 0 radical (unpaired) electrons. The highest BCUT2D eigenvalue weighted by Gasteiger charge is 2.32. The van der Waals surface area contributed by atoms with Gasteiger partial charge >= 0.3 is 0 Å². The van der Waals surface area contributed by atoms with E-state index in [4.69, 9.17) is 9.26 Å². The number of rotatable bonds is 7. The van der Waals surface area contributed by atoms with Crippen LogP contribution in [0.5, 0.6) is 0 Å². The van der Waals surface area contributed by atoms with Gasteiger partial charge in [-0.15, -0.1) is 0 Å². The molecule has 3 atom stereocenters. The van der Waals surface area contributed by atoms with E-state index in [1.54, 1.807) is 0 Å². The van der Waals surface area contributed by atoms with Crippen LogP contribution in [0, 0.1) is 5.92 Å². The molecule has 3 fully saturated rings. The molecular formula is C19H30N4O3. The molecule has 1 aromatic rings. The average molecular weight is 362 g/mol. The average Bonchev–Trinajstić information content (AvgIpc) is 3.12. The lowest BCUT2D eigenvalue weighted by Crippen LogP contribution is -2.32.